The Morgan fingerprint density at radius 2 is 1.86 bits per heavy atom. The number of carbonyl (C=O) groups excluding carboxylic acids is 2. The van der Waals surface area contributed by atoms with E-state index in [1.54, 1.807) is 30.3 Å². The Hall–Kier alpha value is -2.71. The minimum absolute atomic E-state index is 0.128. The Morgan fingerprint density at radius 3 is 2.54 bits per heavy atom. The lowest BCUT2D eigenvalue weighted by Crippen LogP contribution is -2.32. The van der Waals surface area contributed by atoms with Crippen molar-refractivity contribution in [1.82, 2.24) is 15.1 Å². The number of amides is 2. The number of piperidine rings is 1. The zero-order valence-electron chi connectivity index (χ0n) is 15.7. The van der Waals surface area contributed by atoms with Crippen molar-refractivity contribution in [2.75, 3.05) is 30.3 Å². The first-order chi connectivity index (χ1) is 13.7. The summed E-state index contributed by atoms with van der Waals surface area (Å²) >= 11 is 0. The van der Waals surface area contributed by atoms with Crippen LogP contribution >= 0.6 is 0 Å². The maximum absolute atomic E-state index is 12.5. The summed E-state index contributed by atoms with van der Waals surface area (Å²) in [5.74, 6) is -0.379. The number of nitrogens with zero attached hydrogens (tertiary/aromatic N) is 2. The standard InChI is InChI=1S/C20H25N5O3/c26-19(17-9-11-25(24-17)16-3-1-10-21-13-16)22-14-5-7-15(8-6-14)23-20(27)18-4-2-12-28-18/h5-9,11,16,18,21H,1-4,10,12-13H2,(H,22,26)(H,23,27). The maximum Gasteiger partial charge on any atom is 0.276 e. The molecule has 2 fully saturated rings. The van der Waals surface area contributed by atoms with Crippen LogP contribution < -0.4 is 16.0 Å². The Bertz CT molecular complexity index is 821. The number of benzene rings is 1. The van der Waals surface area contributed by atoms with Crippen molar-refractivity contribution in [3.8, 4) is 0 Å². The van der Waals surface area contributed by atoms with Gasteiger partial charge in [0, 0.05) is 30.7 Å². The van der Waals surface area contributed by atoms with E-state index in [0.29, 0.717) is 29.7 Å². The van der Waals surface area contributed by atoms with Crippen LogP contribution in [0.15, 0.2) is 36.5 Å². The van der Waals surface area contributed by atoms with Crippen LogP contribution in [0.2, 0.25) is 0 Å². The van der Waals surface area contributed by atoms with Crippen molar-refractivity contribution in [3.63, 3.8) is 0 Å². The molecule has 2 unspecified atom stereocenters. The highest BCUT2D eigenvalue weighted by Gasteiger charge is 2.23. The molecule has 0 bridgehead atoms. The van der Waals surface area contributed by atoms with Crippen molar-refractivity contribution in [2.45, 2.75) is 37.8 Å². The molecular formula is C20H25N5O3. The molecule has 2 aliphatic rings. The highest BCUT2D eigenvalue weighted by molar-refractivity contribution is 6.03. The number of hydrogen-bond acceptors (Lipinski definition) is 5. The van der Waals surface area contributed by atoms with Crippen LogP contribution in [0.25, 0.3) is 0 Å². The van der Waals surface area contributed by atoms with Gasteiger partial charge in [-0.1, -0.05) is 0 Å². The van der Waals surface area contributed by atoms with Crippen LogP contribution in [0.3, 0.4) is 0 Å². The van der Waals surface area contributed by atoms with Crippen LogP contribution in [0.4, 0.5) is 11.4 Å². The van der Waals surface area contributed by atoms with E-state index in [9.17, 15) is 9.59 Å². The van der Waals surface area contributed by atoms with Crippen LogP contribution in [0, 0.1) is 0 Å². The van der Waals surface area contributed by atoms with Crippen LogP contribution in [-0.4, -0.2) is 47.4 Å². The third-order valence-electron chi connectivity index (χ3n) is 5.12. The second-order valence-corrected chi connectivity index (χ2v) is 7.20. The molecule has 8 nitrogen and oxygen atoms in total. The van der Waals surface area contributed by atoms with Crippen molar-refractivity contribution < 1.29 is 14.3 Å². The third-order valence-corrected chi connectivity index (χ3v) is 5.12. The van der Waals surface area contributed by atoms with Crippen LogP contribution in [0.1, 0.15) is 42.2 Å². The molecular weight excluding hydrogens is 358 g/mol. The Kier molecular flexibility index (Phi) is 5.68. The number of carbonyl (C=O) groups is 2. The predicted octanol–water partition coefficient (Wildman–Crippen LogP) is 2.18. The van der Waals surface area contributed by atoms with Crippen molar-refractivity contribution in [1.29, 1.82) is 0 Å². The molecule has 2 aromatic rings. The van der Waals surface area contributed by atoms with Gasteiger partial charge >= 0.3 is 0 Å². The third kappa shape index (κ3) is 4.40. The zero-order chi connectivity index (χ0) is 19.3. The fourth-order valence-corrected chi connectivity index (χ4v) is 3.56. The molecule has 8 heteroatoms. The highest BCUT2D eigenvalue weighted by atomic mass is 16.5. The quantitative estimate of drug-likeness (QED) is 0.735. The number of hydrogen-bond donors (Lipinski definition) is 3. The lowest BCUT2D eigenvalue weighted by molar-refractivity contribution is -0.124. The molecule has 3 heterocycles. The van der Waals surface area contributed by atoms with Gasteiger partial charge in [-0.3, -0.25) is 14.3 Å². The van der Waals surface area contributed by atoms with Gasteiger partial charge in [-0.2, -0.15) is 5.10 Å². The molecule has 2 atom stereocenters. The molecule has 0 aliphatic carbocycles. The van der Waals surface area contributed by atoms with Gasteiger partial charge in [0.05, 0.1) is 6.04 Å². The van der Waals surface area contributed by atoms with Gasteiger partial charge in [-0.15, -0.1) is 0 Å². The topological polar surface area (TPSA) is 97.3 Å². The van der Waals surface area contributed by atoms with Gasteiger partial charge in [-0.05, 0) is 62.6 Å². The molecule has 1 aromatic heterocycles. The predicted molar refractivity (Wildman–Crippen MR) is 105 cm³/mol. The largest absolute Gasteiger partial charge is 0.368 e. The molecule has 0 spiro atoms. The summed E-state index contributed by atoms with van der Waals surface area (Å²) in [6.07, 6.45) is 5.33. The van der Waals surface area contributed by atoms with E-state index in [-0.39, 0.29) is 17.9 Å². The molecule has 3 N–H and O–H groups in total. The van der Waals surface area contributed by atoms with Crippen molar-refractivity contribution >= 4 is 23.2 Å². The zero-order valence-corrected chi connectivity index (χ0v) is 15.7. The van der Waals surface area contributed by atoms with Gasteiger partial charge in [0.2, 0.25) is 0 Å². The maximum atomic E-state index is 12.5. The molecule has 0 saturated carbocycles. The number of ether oxygens (including phenoxy) is 1. The number of aromatic nitrogens is 2. The molecule has 28 heavy (non-hydrogen) atoms. The highest BCUT2D eigenvalue weighted by Crippen LogP contribution is 2.19. The van der Waals surface area contributed by atoms with E-state index in [2.05, 4.69) is 21.0 Å². The summed E-state index contributed by atoms with van der Waals surface area (Å²) in [4.78, 5) is 24.5. The first-order valence-electron chi connectivity index (χ1n) is 9.79. The Balaban J connectivity index is 1.33. The molecule has 2 saturated heterocycles. The summed E-state index contributed by atoms with van der Waals surface area (Å²) in [6, 6.07) is 9.06. The summed E-state index contributed by atoms with van der Waals surface area (Å²) in [5, 5.41) is 13.5. The summed E-state index contributed by atoms with van der Waals surface area (Å²) in [5.41, 5.74) is 1.71. The first kappa shape index (κ1) is 18.6. The SMILES string of the molecule is O=C(Nc1ccc(NC(=O)C2CCCO2)cc1)c1ccn(C2CCCNC2)n1. The van der Waals surface area contributed by atoms with Crippen LogP contribution in [-0.2, 0) is 9.53 Å². The molecule has 2 aliphatic heterocycles. The number of nitrogens with one attached hydrogen (secondary N) is 3. The molecule has 1 aromatic carbocycles. The van der Waals surface area contributed by atoms with Crippen molar-refractivity contribution in [2.24, 2.45) is 0 Å². The molecule has 148 valence electrons. The van der Waals surface area contributed by atoms with Crippen LogP contribution in [0.5, 0.6) is 0 Å². The Morgan fingerprint density at radius 1 is 1.07 bits per heavy atom. The van der Waals surface area contributed by atoms with E-state index >= 15 is 0 Å². The van der Waals surface area contributed by atoms with Gasteiger partial charge in [0.15, 0.2) is 5.69 Å². The van der Waals surface area contributed by atoms with E-state index in [1.165, 1.54) is 0 Å². The van der Waals surface area contributed by atoms with Gasteiger partial charge < -0.3 is 20.7 Å². The van der Waals surface area contributed by atoms with E-state index in [0.717, 1.165) is 38.8 Å². The van der Waals surface area contributed by atoms with Gasteiger partial charge in [0.25, 0.3) is 11.8 Å². The fraction of sp³-hybridized carbons (Fsp3) is 0.450. The molecule has 2 amide bonds. The van der Waals surface area contributed by atoms with Gasteiger partial charge in [0.1, 0.15) is 6.10 Å². The second kappa shape index (κ2) is 8.53. The normalized spacial score (nSPS) is 22.0. The number of rotatable bonds is 5. The fourth-order valence-electron chi connectivity index (χ4n) is 3.56. The number of anilines is 2. The minimum atomic E-state index is -0.367. The lowest BCUT2D eigenvalue weighted by atomic mass is 10.1. The molecule has 0 radical (unpaired) electrons. The van der Waals surface area contributed by atoms with E-state index in [1.807, 2.05) is 10.9 Å². The summed E-state index contributed by atoms with van der Waals surface area (Å²) in [7, 11) is 0. The monoisotopic (exact) mass is 383 g/mol. The van der Waals surface area contributed by atoms with Gasteiger partial charge in [-0.25, -0.2) is 0 Å². The second-order valence-electron chi connectivity index (χ2n) is 7.20. The summed E-state index contributed by atoms with van der Waals surface area (Å²) in [6.45, 7) is 2.55. The first-order valence-corrected chi connectivity index (χ1v) is 9.79. The minimum Gasteiger partial charge on any atom is -0.368 e. The average molecular weight is 383 g/mol. The Labute approximate surface area is 163 Å². The van der Waals surface area contributed by atoms with Crippen molar-refractivity contribution in [3.05, 3.63) is 42.2 Å². The van der Waals surface area contributed by atoms with E-state index < -0.39 is 0 Å². The average Bonchev–Trinajstić information content (AvgIpc) is 3.42. The smallest absolute Gasteiger partial charge is 0.276 e. The summed E-state index contributed by atoms with van der Waals surface area (Å²) < 4.78 is 7.24. The lowest BCUT2D eigenvalue weighted by Gasteiger charge is -2.22. The van der Waals surface area contributed by atoms with E-state index in [4.69, 9.17) is 4.74 Å². The molecule has 4 rings (SSSR count).